The molecule has 1 saturated heterocycles. The number of benzene rings is 1. The van der Waals surface area contributed by atoms with E-state index in [0.717, 1.165) is 50.0 Å². The number of rotatable bonds is 6. The van der Waals surface area contributed by atoms with E-state index in [4.69, 9.17) is 4.74 Å². The quantitative estimate of drug-likeness (QED) is 0.610. The van der Waals surface area contributed by atoms with Gasteiger partial charge < -0.3 is 14.5 Å². The van der Waals surface area contributed by atoms with Crippen molar-refractivity contribution in [2.24, 2.45) is 5.92 Å². The largest absolute Gasteiger partial charge is 0.379 e. The summed E-state index contributed by atoms with van der Waals surface area (Å²) in [6.07, 6.45) is 6.09. The minimum absolute atomic E-state index is 0.125. The third kappa shape index (κ3) is 4.81. The first-order valence-electron chi connectivity index (χ1n) is 12.5. The van der Waals surface area contributed by atoms with Crippen LogP contribution in [0.4, 0.5) is 0 Å². The Kier molecular flexibility index (Phi) is 6.83. The Labute approximate surface area is 200 Å². The first-order chi connectivity index (χ1) is 16.6. The predicted octanol–water partition coefficient (Wildman–Crippen LogP) is 3.41. The molecular formula is C27H34N4O3. The van der Waals surface area contributed by atoms with E-state index < -0.39 is 0 Å². The summed E-state index contributed by atoms with van der Waals surface area (Å²) in [4.78, 5) is 29.4. The summed E-state index contributed by atoms with van der Waals surface area (Å²) in [5.41, 5.74) is 2.82. The third-order valence-electron chi connectivity index (χ3n) is 7.32. The van der Waals surface area contributed by atoms with E-state index in [1.54, 1.807) is 4.57 Å². The lowest BCUT2D eigenvalue weighted by Crippen LogP contribution is -2.43. The summed E-state index contributed by atoms with van der Waals surface area (Å²) in [7, 11) is 0. The summed E-state index contributed by atoms with van der Waals surface area (Å²) in [5, 5.41) is 3.23. The van der Waals surface area contributed by atoms with Crippen molar-refractivity contribution in [2.75, 3.05) is 32.8 Å². The minimum atomic E-state index is -0.159. The van der Waals surface area contributed by atoms with Gasteiger partial charge in [0.25, 0.3) is 11.5 Å². The highest BCUT2D eigenvalue weighted by Crippen LogP contribution is 2.24. The lowest BCUT2D eigenvalue weighted by molar-refractivity contribution is 0.0361. The molecule has 0 spiro atoms. The zero-order chi connectivity index (χ0) is 23.5. The number of hydrogen-bond donors (Lipinski definition) is 1. The number of morpholine rings is 1. The number of ether oxygens (including phenoxy) is 1. The molecule has 0 radical (unpaired) electrons. The molecule has 2 aromatic heterocycles. The number of carbonyl (C=O) groups is 1. The van der Waals surface area contributed by atoms with Gasteiger partial charge in [-0.1, -0.05) is 37.3 Å². The van der Waals surface area contributed by atoms with Gasteiger partial charge in [-0.15, -0.1) is 0 Å². The number of hydrogen-bond acceptors (Lipinski definition) is 4. The molecule has 3 aromatic rings. The molecule has 1 N–H and O–H groups in total. The standard InChI is InChI=1S/C27H34N4O3/c1-20-7-9-22(10-8-20)28-26(32)25-19-31-23(21-5-3-2-4-6-21)11-12-24(31)27(33)30(25)14-13-29-15-17-34-18-16-29/h2-6,11-12,19-20,22H,7-10,13-18H2,1H3,(H,28,32). The van der Waals surface area contributed by atoms with Crippen molar-refractivity contribution < 1.29 is 9.53 Å². The molecule has 0 atom stereocenters. The van der Waals surface area contributed by atoms with Crippen molar-refractivity contribution in [1.29, 1.82) is 0 Å². The van der Waals surface area contributed by atoms with Gasteiger partial charge in [0.1, 0.15) is 11.2 Å². The molecule has 34 heavy (non-hydrogen) atoms. The summed E-state index contributed by atoms with van der Waals surface area (Å²) in [5.74, 6) is 0.553. The molecule has 7 heteroatoms. The summed E-state index contributed by atoms with van der Waals surface area (Å²) < 4.78 is 9.00. The van der Waals surface area contributed by atoms with Crippen molar-refractivity contribution in [3.05, 3.63) is 64.7 Å². The fraction of sp³-hybridized carbons (Fsp3) is 0.481. The highest BCUT2D eigenvalue weighted by molar-refractivity contribution is 5.93. The highest BCUT2D eigenvalue weighted by atomic mass is 16.5. The number of nitrogens with one attached hydrogen (secondary N) is 1. The molecule has 1 amide bonds. The Balaban J connectivity index is 1.50. The van der Waals surface area contributed by atoms with Gasteiger partial charge in [-0.3, -0.25) is 19.1 Å². The second kappa shape index (κ2) is 10.2. The fourth-order valence-corrected chi connectivity index (χ4v) is 5.18. The number of nitrogens with zero attached hydrogens (tertiary/aromatic N) is 3. The zero-order valence-corrected chi connectivity index (χ0v) is 19.9. The highest BCUT2D eigenvalue weighted by Gasteiger charge is 2.24. The maximum Gasteiger partial charge on any atom is 0.275 e. The summed E-state index contributed by atoms with van der Waals surface area (Å²) >= 11 is 0. The fourth-order valence-electron chi connectivity index (χ4n) is 5.18. The van der Waals surface area contributed by atoms with Crippen molar-refractivity contribution in [3.8, 4) is 11.3 Å². The van der Waals surface area contributed by atoms with Crippen molar-refractivity contribution in [3.63, 3.8) is 0 Å². The average Bonchev–Trinajstić information content (AvgIpc) is 3.30. The Morgan fingerprint density at radius 2 is 1.74 bits per heavy atom. The van der Waals surface area contributed by atoms with Crippen LogP contribution in [-0.4, -0.2) is 58.7 Å². The van der Waals surface area contributed by atoms with Crippen LogP contribution in [0.5, 0.6) is 0 Å². The molecule has 0 unspecified atom stereocenters. The molecule has 1 aromatic carbocycles. The predicted molar refractivity (Wildman–Crippen MR) is 133 cm³/mol. The monoisotopic (exact) mass is 462 g/mol. The van der Waals surface area contributed by atoms with E-state index >= 15 is 0 Å². The van der Waals surface area contributed by atoms with Gasteiger partial charge in [-0.25, -0.2) is 0 Å². The van der Waals surface area contributed by atoms with Gasteiger partial charge in [-0.2, -0.15) is 0 Å². The van der Waals surface area contributed by atoms with Crippen LogP contribution in [0.3, 0.4) is 0 Å². The molecule has 0 bridgehead atoms. The number of amides is 1. The van der Waals surface area contributed by atoms with Gasteiger partial charge in [0.2, 0.25) is 0 Å². The van der Waals surface area contributed by atoms with E-state index in [2.05, 4.69) is 17.1 Å². The maximum atomic E-state index is 13.6. The van der Waals surface area contributed by atoms with Crippen LogP contribution in [0.1, 0.15) is 43.1 Å². The lowest BCUT2D eigenvalue weighted by Gasteiger charge is -2.28. The van der Waals surface area contributed by atoms with E-state index in [0.29, 0.717) is 43.4 Å². The zero-order valence-electron chi connectivity index (χ0n) is 19.9. The van der Waals surface area contributed by atoms with Crippen molar-refractivity contribution in [2.45, 2.75) is 45.2 Å². The number of fused-ring (bicyclic) bond motifs is 1. The molecule has 1 aliphatic heterocycles. The van der Waals surface area contributed by atoms with E-state index in [1.807, 2.05) is 53.1 Å². The number of carbonyl (C=O) groups excluding carboxylic acids is 1. The Morgan fingerprint density at radius 3 is 2.47 bits per heavy atom. The molecule has 2 aliphatic rings. The first-order valence-corrected chi connectivity index (χ1v) is 12.5. The Morgan fingerprint density at radius 1 is 1.00 bits per heavy atom. The maximum absolute atomic E-state index is 13.6. The van der Waals surface area contributed by atoms with Crippen molar-refractivity contribution >= 4 is 11.4 Å². The molecule has 180 valence electrons. The molecule has 5 rings (SSSR count). The molecule has 3 heterocycles. The summed E-state index contributed by atoms with van der Waals surface area (Å²) in [6, 6.07) is 14.0. The van der Waals surface area contributed by atoms with Gasteiger partial charge in [-0.05, 0) is 49.3 Å². The van der Waals surface area contributed by atoms with Gasteiger partial charge in [0.05, 0.1) is 18.9 Å². The van der Waals surface area contributed by atoms with Crippen LogP contribution in [0.25, 0.3) is 16.8 Å². The second-order valence-electron chi connectivity index (χ2n) is 9.70. The van der Waals surface area contributed by atoms with Crippen LogP contribution in [0, 0.1) is 5.92 Å². The minimum Gasteiger partial charge on any atom is -0.379 e. The topological polar surface area (TPSA) is 68.0 Å². The summed E-state index contributed by atoms with van der Waals surface area (Å²) in [6.45, 7) is 6.58. The second-order valence-corrected chi connectivity index (χ2v) is 9.70. The van der Waals surface area contributed by atoms with E-state index in [1.165, 1.54) is 0 Å². The van der Waals surface area contributed by atoms with Gasteiger partial charge in [0, 0.05) is 38.4 Å². The molecular weight excluding hydrogens is 428 g/mol. The smallest absolute Gasteiger partial charge is 0.275 e. The first kappa shape index (κ1) is 22.9. The van der Waals surface area contributed by atoms with E-state index in [9.17, 15) is 9.59 Å². The average molecular weight is 463 g/mol. The molecule has 2 fully saturated rings. The van der Waals surface area contributed by atoms with Gasteiger partial charge in [0.15, 0.2) is 0 Å². The van der Waals surface area contributed by atoms with Crippen molar-refractivity contribution in [1.82, 2.24) is 19.2 Å². The number of aromatic nitrogens is 2. The van der Waals surface area contributed by atoms with Crippen LogP contribution < -0.4 is 10.9 Å². The molecule has 7 nitrogen and oxygen atoms in total. The van der Waals surface area contributed by atoms with Crippen LogP contribution in [0.2, 0.25) is 0 Å². The van der Waals surface area contributed by atoms with Crippen LogP contribution >= 0.6 is 0 Å². The Hall–Kier alpha value is -2.90. The SMILES string of the molecule is CC1CCC(NC(=O)c2cn3c(-c4ccccc4)ccc3c(=O)n2CCN2CCOCC2)CC1. The van der Waals surface area contributed by atoms with Crippen LogP contribution in [-0.2, 0) is 11.3 Å². The third-order valence-corrected chi connectivity index (χ3v) is 7.32. The van der Waals surface area contributed by atoms with E-state index in [-0.39, 0.29) is 17.5 Å². The lowest BCUT2D eigenvalue weighted by atomic mass is 9.87. The Bertz CT molecular complexity index is 1190. The molecule has 1 saturated carbocycles. The van der Waals surface area contributed by atoms with Crippen LogP contribution in [0.15, 0.2) is 53.5 Å². The molecule has 1 aliphatic carbocycles. The normalized spacial score (nSPS) is 21.6. The van der Waals surface area contributed by atoms with Gasteiger partial charge >= 0.3 is 0 Å².